The van der Waals surface area contributed by atoms with E-state index in [0.29, 0.717) is 22.6 Å². The lowest BCUT2D eigenvalue weighted by Gasteiger charge is -2.38. The summed E-state index contributed by atoms with van der Waals surface area (Å²) >= 11 is 0. The van der Waals surface area contributed by atoms with Gasteiger partial charge < -0.3 is 15.0 Å². The van der Waals surface area contributed by atoms with Crippen LogP contribution >= 0.6 is 0 Å². The highest BCUT2D eigenvalue weighted by Gasteiger charge is 2.33. The molecule has 2 saturated heterocycles. The van der Waals surface area contributed by atoms with Gasteiger partial charge in [0.15, 0.2) is 5.84 Å². The molecule has 1 N–H and O–H groups in total. The molecule has 0 aromatic heterocycles. The molecule has 8 nitrogen and oxygen atoms in total. The number of anilines is 1. The quantitative estimate of drug-likeness (QED) is 0.721. The third-order valence-electron chi connectivity index (χ3n) is 6.63. The van der Waals surface area contributed by atoms with Crippen molar-refractivity contribution >= 4 is 27.5 Å². The minimum absolute atomic E-state index is 0.0366. The fourth-order valence-corrected chi connectivity index (χ4v) is 6.39. The molecule has 0 spiro atoms. The first-order chi connectivity index (χ1) is 16.3. The fraction of sp³-hybridized carbons (Fsp3) is 0.440. The number of nitrogens with zero attached hydrogens (tertiary/aromatic N) is 3. The number of carbonyl (C=O) groups is 1. The van der Waals surface area contributed by atoms with Gasteiger partial charge >= 0.3 is 0 Å². The summed E-state index contributed by atoms with van der Waals surface area (Å²) in [5.41, 5.74) is 1.85. The Balaban J connectivity index is 1.26. The Labute approximate surface area is 200 Å². The normalized spacial score (nSPS) is 26.2. The molecule has 5 rings (SSSR count). The van der Waals surface area contributed by atoms with Crippen molar-refractivity contribution in [2.24, 2.45) is 4.40 Å². The van der Waals surface area contributed by atoms with E-state index in [1.807, 2.05) is 4.90 Å². The van der Waals surface area contributed by atoms with Gasteiger partial charge in [-0.3, -0.25) is 9.69 Å². The van der Waals surface area contributed by atoms with Crippen LogP contribution in [0, 0.1) is 0 Å². The van der Waals surface area contributed by atoms with Gasteiger partial charge in [-0.25, -0.2) is 0 Å². The minimum Gasteiger partial charge on any atom is -0.373 e. The molecule has 0 bridgehead atoms. The number of hydrogen-bond acceptors (Lipinski definition) is 6. The molecule has 0 radical (unpaired) electrons. The molecule has 3 atom stereocenters. The van der Waals surface area contributed by atoms with Crippen LogP contribution in [0.15, 0.2) is 57.8 Å². The third-order valence-corrected chi connectivity index (χ3v) is 7.96. The molecule has 0 saturated carbocycles. The Morgan fingerprint density at radius 3 is 2.53 bits per heavy atom. The summed E-state index contributed by atoms with van der Waals surface area (Å²) < 4.78 is 34.2. The Morgan fingerprint density at radius 2 is 1.79 bits per heavy atom. The lowest BCUT2D eigenvalue weighted by Crippen LogP contribution is -2.50. The number of nitrogens with one attached hydrogen (secondary N) is 1. The third kappa shape index (κ3) is 4.60. The maximum absolute atomic E-state index is 13.3. The van der Waals surface area contributed by atoms with Crippen molar-refractivity contribution in [1.82, 2.24) is 9.80 Å². The van der Waals surface area contributed by atoms with Crippen molar-refractivity contribution in [3.8, 4) is 0 Å². The maximum atomic E-state index is 13.3. The zero-order valence-corrected chi connectivity index (χ0v) is 20.3. The van der Waals surface area contributed by atoms with Crippen molar-refractivity contribution in [3.63, 3.8) is 0 Å². The molecule has 180 valence electrons. The van der Waals surface area contributed by atoms with Crippen molar-refractivity contribution in [2.45, 2.75) is 49.8 Å². The molecule has 1 amide bonds. The Bertz CT molecular complexity index is 1200. The van der Waals surface area contributed by atoms with Crippen LogP contribution in [0.3, 0.4) is 0 Å². The molecule has 9 heteroatoms. The van der Waals surface area contributed by atoms with Gasteiger partial charge in [-0.15, -0.1) is 4.40 Å². The highest BCUT2D eigenvalue weighted by atomic mass is 32.2. The standard InChI is InChI=1S/C25H30N4O4S/c1-17-14-28(15-18(2)33-17)16-21-6-5-13-29(21)25(30)19-9-11-20(12-10-19)26-24-22-7-3-4-8-23(22)34(31,32)27-24/h3-4,7-12,17-18,21H,5-6,13-16H2,1-2H3,(H,26,27). The minimum atomic E-state index is -3.68. The molecule has 3 unspecified atom stereocenters. The number of amides is 1. The van der Waals surface area contributed by atoms with E-state index in [1.165, 1.54) is 0 Å². The Morgan fingerprint density at radius 1 is 1.09 bits per heavy atom. The van der Waals surface area contributed by atoms with Crippen LogP contribution in [0.1, 0.15) is 42.6 Å². The van der Waals surface area contributed by atoms with Crippen molar-refractivity contribution in [1.29, 1.82) is 0 Å². The van der Waals surface area contributed by atoms with Gasteiger partial charge in [0.25, 0.3) is 15.9 Å². The van der Waals surface area contributed by atoms with Gasteiger partial charge in [-0.1, -0.05) is 12.1 Å². The van der Waals surface area contributed by atoms with Crippen molar-refractivity contribution < 1.29 is 17.9 Å². The number of ether oxygens (including phenoxy) is 1. The van der Waals surface area contributed by atoms with E-state index in [9.17, 15) is 13.2 Å². The van der Waals surface area contributed by atoms with Crippen LogP contribution in [-0.2, 0) is 14.8 Å². The summed E-state index contributed by atoms with van der Waals surface area (Å²) in [6, 6.07) is 14.1. The Kier molecular flexibility index (Phi) is 6.18. The molecule has 3 heterocycles. The molecule has 3 aliphatic heterocycles. The zero-order valence-electron chi connectivity index (χ0n) is 19.5. The van der Waals surface area contributed by atoms with E-state index in [4.69, 9.17) is 4.74 Å². The summed E-state index contributed by atoms with van der Waals surface area (Å²) in [5, 5.41) is 3.09. The highest BCUT2D eigenvalue weighted by molar-refractivity contribution is 7.90. The number of hydrogen-bond donors (Lipinski definition) is 1. The van der Waals surface area contributed by atoms with Crippen LogP contribution in [0.2, 0.25) is 0 Å². The second-order valence-electron chi connectivity index (χ2n) is 9.38. The van der Waals surface area contributed by atoms with Gasteiger partial charge in [-0.05, 0) is 63.1 Å². The molecule has 3 aliphatic rings. The average Bonchev–Trinajstić information content (AvgIpc) is 3.35. The number of fused-ring (bicyclic) bond motifs is 1. The average molecular weight is 483 g/mol. The highest BCUT2D eigenvalue weighted by Crippen LogP contribution is 2.27. The number of rotatable bonds is 4. The van der Waals surface area contributed by atoms with Gasteiger partial charge in [0, 0.05) is 49.0 Å². The van der Waals surface area contributed by atoms with Crippen molar-refractivity contribution in [2.75, 3.05) is 31.5 Å². The predicted octanol–water partition coefficient (Wildman–Crippen LogP) is 2.96. The molecule has 2 aromatic rings. The molecule has 2 fully saturated rings. The topological polar surface area (TPSA) is 91.3 Å². The predicted molar refractivity (Wildman–Crippen MR) is 131 cm³/mol. The fourth-order valence-electron chi connectivity index (χ4n) is 5.22. The molecular formula is C25H30N4O4S. The van der Waals surface area contributed by atoms with E-state index in [-0.39, 0.29) is 29.1 Å². The molecule has 34 heavy (non-hydrogen) atoms. The summed E-state index contributed by atoms with van der Waals surface area (Å²) in [6.45, 7) is 7.63. The number of carbonyl (C=O) groups excluding carboxylic acids is 1. The largest absolute Gasteiger partial charge is 0.373 e. The summed E-state index contributed by atoms with van der Waals surface area (Å²) in [4.78, 5) is 17.9. The first-order valence-electron chi connectivity index (χ1n) is 11.8. The van der Waals surface area contributed by atoms with E-state index in [0.717, 1.165) is 39.0 Å². The summed E-state index contributed by atoms with van der Waals surface area (Å²) in [6.07, 6.45) is 2.44. The van der Waals surface area contributed by atoms with Crippen LogP contribution in [0.5, 0.6) is 0 Å². The number of likely N-dealkylation sites (tertiary alicyclic amines) is 1. The molecule has 2 aromatic carbocycles. The number of benzene rings is 2. The van der Waals surface area contributed by atoms with Gasteiger partial charge in [0.2, 0.25) is 0 Å². The van der Waals surface area contributed by atoms with Crippen LogP contribution in [0.25, 0.3) is 0 Å². The van der Waals surface area contributed by atoms with Crippen molar-refractivity contribution in [3.05, 3.63) is 59.7 Å². The smallest absolute Gasteiger partial charge is 0.285 e. The van der Waals surface area contributed by atoms with Crippen LogP contribution in [0.4, 0.5) is 5.69 Å². The van der Waals surface area contributed by atoms with E-state index in [2.05, 4.69) is 28.5 Å². The first kappa shape index (κ1) is 23.0. The summed E-state index contributed by atoms with van der Waals surface area (Å²) in [5.74, 6) is 0.331. The number of amidine groups is 1. The maximum Gasteiger partial charge on any atom is 0.285 e. The zero-order chi connectivity index (χ0) is 23.9. The number of sulfonamides is 1. The van der Waals surface area contributed by atoms with Gasteiger partial charge in [-0.2, -0.15) is 8.42 Å². The number of morpholine rings is 1. The van der Waals surface area contributed by atoms with Crippen LogP contribution < -0.4 is 5.32 Å². The SMILES string of the molecule is CC1CN(CC2CCCN2C(=O)c2ccc(NC3=NS(=O)(=O)c4ccccc43)cc2)CC(C)O1. The van der Waals surface area contributed by atoms with Gasteiger partial charge in [0.1, 0.15) is 4.90 Å². The molecule has 0 aliphatic carbocycles. The second-order valence-corrected chi connectivity index (χ2v) is 11.0. The van der Waals surface area contributed by atoms with E-state index in [1.54, 1.807) is 48.5 Å². The van der Waals surface area contributed by atoms with Gasteiger partial charge in [0.05, 0.1) is 12.2 Å². The molecular weight excluding hydrogens is 452 g/mol. The second kappa shape index (κ2) is 9.13. The first-order valence-corrected chi connectivity index (χ1v) is 13.2. The van der Waals surface area contributed by atoms with Crippen LogP contribution in [-0.4, -0.2) is 74.4 Å². The monoisotopic (exact) mass is 482 g/mol. The lowest BCUT2D eigenvalue weighted by molar-refractivity contribution is -0.0715. The lowest BCUT2D eigenvalue weighted by atomic mass is 10.1. The van der Waals surface area contributed by atoms with E-state index < -0.39 is 10.0 Å². The Hall–Kier alpha value is -2.75. The van der Waals surface area contributed by atoms with E-state index >= 15 is 0 Å². The summed E-state index contributed by atoms with van der Waals surface area (Å²) in [7, 11) is -3.68.